The minimum Gasteiger partial charge on any atom is -0.461 e. The Morgan fingerprint density at radius 2 is 2.15 bits per heavy atom. The maximum Gasteiger partial charge on any atom is 0.244 e. The van der Waals surface area contributed by atoms with Crippen LogP contribution in [0.2, 0.25) is 0 Å². The summed E-state index contributed by atoms with van der Waals surface area (Å²) in [6, 6.07) is 7.82. The number of ether oxygens (including phenoxy) is 1. The first-order valence-corrected chi connectivity index (χ1v) is 9.53. The monoisotopic (exact) mass is 367 g/mol. The van der Waals surface area contributed by atoms with Crippen LogP contribution in [0.3, 0.4) is 0 Å². The Balaban J connectivity index is 1.33. The summed E-state index contributed by atoms with van der Waals surface area (Å²) < 4.78 is 11.2. The summed E-state index contributed by atoms with van der Waals surface area (Å²) in [5, 5.41) is 2.93. The fraction of sp³-hybridized carbons (Fsp3) is 0.429. The van der Waals surface area contributed by atoms with E-state index in [0.29, 0.717) is 31.6 Å². The second-order valence-electron chi connectivity index (χ2n) is 7.20. The number of carbonyl (C=O) groups excluding carboxylic acids is 1. The number of nitrogens with zero attached hydrogens (tertiary/aromatic N) is 2. The predicted molar refractivity (Wildman–Crippen MR) is 103 cm³/mol. The van der Waals surface area contributed by atoms with Gasteiger partial charge in [0.25, 0.3) is 0 Å². The number of aromatic nitrogens is 1. The summed E-state index contributed by atoms with van der Waals surface area (Å²) >= 11 is 0. The average molecular weight is 367 g/mol. The Morgan fingerprint density at radius 1 is 1.33 bits per heavy atom. The summed E-state index contributed by atoms with van der Waals surface area (Å²) in [6.07, 6.45) is 6.21. The molecule has 2 atom stereocenters. The Bertz CT molecular complexity index is 824. The van der Waals surface area contributed by atoms with Gasteiger partial charge in [0.05, 0.1) is 13.2 Å². The van der Waals surface area contributed by atoms with Gasteiger partial charge in [-0.2, -0.15) is 0 Å². The van der Waals surface area contributed by atoms with Crippen LogP contribution in [-0.2, 0) is 16.1 Å². The fourth-order valence-electron chi connectivity index (χ4n) is 3.40. The predicted octanol–water partition coefficient (Wildman–Crippen LogP) is 2.96. The smallest absolute Gasteiger partial charge is 0.244 e. The molecule has 2 fully saturated rings. The molecule has 6 heteroatoms. The lowest BCUT2D eigenvalue weighted by Crippen LogP contribution is -2.37. The summed E-state index contributed by atoms with van der Waals surface area (Å²) in [5.74, 6) is 3.76. The van der Waals surface area contributed by atoms with Gasteiger partial charge in [-0.1, -0.05) is 13.0 Å². The SMILES string of the molecule is CC1CC1c1ccc(/C=C/C(=O)NCc2cccnc2N2CCOCC2)o1. The first-order valence-electron chi connectivity index (χ1n) is 9.53. The molecule has 2 aliphatic rings. The van der Waals surface area contributed by atoms with E-state index in [-0.39, 0.29) is 5.91 Å². The van der Waals surface area contributed by atoms with E-state index >= 15 is 0 Å². The number of nitrogens with one attached hydrogen (secondary N) is 1. The topological polar surface area (TPSA) is 67.6 Å². The zero-order valence-corrected chi connectivity index (χ0v) is 15.6. The van der Waals surface area contributed by atoms with Crippen molar-refractivity contribution in [3.63, 3.8) is 0 Å². The van der Waals surface area contributed by atoms with E-state index in [4.69, 9.17) is 9.15 Å². The normalized spacial score (nSPS) is 22.2. The highest BCUT2D eigenvalue weighted by Gasteiger charge is 2.36. The molecule has 2 aromatic rings. The molecule has 1 aliphatic heterocycles. The minimum atomic E-state index is -0.149. The molecule has 2 aromatic heterocycles. The van der Waals surface area contributed by atoms with Crippen LogP contribution >= 0.6 is 0 Å². The summed E-state index contributed by atoms with van der Waals surface area (Å²) in [6.45, 7) is 5.70. The van der Waals surface area contributed by atoms with Crippen molar-refractivity contribution < 1.29 is 13.9 Å². The summed E-state index contributed by atoms with van der Waals surface area (Å²) in [7, 11) is 0. The molecule has 1 N–H and O–H groups in total. The number of amides is 1. The van der Waals surface area contributed by atoms with Gasteiger partial charge in [-0.05, 0) is 36.6 Å². The van der Waals surface area contributed by atoms with Crippen molar-refractivity contribution in [2.45, 2.75) is 25.8 Å². The van der Waals surface area contributed by atoms with Crippen LogP contribution in [0.5, 0.6) is 0 Å². The van der Waals surface area contributed by atoms with Crippen LogP contribution in [-0.4, -0.2) is 37.2 Å². The van der Waals surface area contributed by atoms with Crippen molar-refractivity contribution in [1.82, 2.24) is 10.3 Å². The molecule has 1 saturated heterocycles. The molecule has 1 amide bonds. The first-order chi connectivity index (χ1) is 13.2. The zero-order valence-electron chi connectivity index (χ0n) is 15.6. The van der Waals surface area contributed by atoms with Crippen molar-refractivity contribution in [2.24, 2.45) is 5.92 Å². The fourth-order valence-corrected chi connectivity index (χ4v) is 3.40. The van der Waals surface area contributed by atoms with Crippen molar-refractivity contribution in [3.05, 3.63) is 53.6 Å². The maximum atomic E-state index is 12.2. The molecule has 6 nitrogen and oxygen atoms in total. The van der Waals surface area contributed by atoms with E-state index in [1.54, 1.807) is 12.3 Å². The molecule has 27 heavy (non-hydrogen) atoms. The number of morpholine rings is 1. The van der Waals surface area contributed by atoms with Gasteiger partial charge in [0.1, 0.15) is 17.3 Å². The molecule has 142 valence electrons. The number of hydrogen-bond donors (Lipinski definition) is 1. The van der Waals surface area contributed by atoms with Gasteiger partial charge in [0, 0.05) is 43.4 Å². The number of rotatable bonds is 6. The van der Waals surface area contributed by atoms with E-state index in [1.165, 1.54) is 12.5 Å². The molecule has 2 unspecified atom stereocenters. The number of furan rings is 1. The lowest BCUT2D eigenvalue weighted by Gasteiger charge is -2.29. The van der Waals surface area contributed by atoms with Crippen molar-refractivity contribution in [2.75, 3.05) is 31.2 Å². The first kappa shape index (κ1) is 17.8. The number of anilines is 1. The van der Waals surface area contributed by atoms with Crippen LogP contribution in [0.1, 0.15) is 36.3 Å². The average Bonchev–Trinajstić information content (AvgIpc) is 3.25. The number of carbonyl (C=O) groups is 1. The largest absolute Gasteiger partial charge is 0.461 e. The van der Waals surface area contributed by atoms with E-state index < -0.39 is 0 Å². The Morgan fingerprint density at radius 3 is 2.93 bits per heavy atom. The Hall–Kier alpha value is -2.60. The lowest BCUT2D eigenvalue weighted by molar-refractivity contribution is -0.116. The molecule has 4 rings (SSSR count). The Labute approximate surface area is 159 Å². The van der Waals surface area contributed by atoms with Crippen molar-refractivity contribution in [1.29, 1.82) is 0 Å². The second-order valence-corrected chi connectivity index (χ2v) is 7.20. The highest BCUT2D eigenvalue weighted by Crippen LogP contribution is 2.47. The molecule has 1 saturated carbocycles. The van der Waals surface area contributed by atoms with Crippen LogP contribution in [0, 0.1) is 5.92 Å². The molecule has 1 aliphatic carbocycles. The van der Waals surface area contributed by atoms with Crippen LogP contribution < -0.4 is 10.2 Å². The van der Waals surface area contributed by atoms with E-state index in [9.17, 15) is 4.79 Å². The quantitative estimate of drug-likeness (QED) is 0.795. The van der Waals surface area contributed by atoms with Crippen LogP contribution in [0.4, 0.5) is 5.82 Å². The third kappa shape index (κ3) is 4.39. The van der Waals surface area contributed by atoms with Gasteiger partial charge in [0.2, 0.25) is 5.91 Å². The van der Waals surface area contributed by atoms with Crippen LogP contribution in [0.15, 0.2) is 41.0 Å². The molecule has 0 aromatic carbocycles. The summed E-state index contributed by atoms with van der Waals surface area (Å²) in [4.78, 5) is 18.9. The van der Waals surface area contributed by atoms with Gasteiger partial charge in [-0.3, -0.25) is 4.79 Å². The van der Waals surface area contributed by atoms with Crippen LogP contribution in [0.25, 0.3) is 6.08 Å². The van der Waals surface area contributed by atoms with Gasteiger partial charge >= 0.3 is 0 Å². The van der Waals surface area contributed by atoms with E-state index in [1.807, 2.05) is 24.3 Å². The molecular weight excluding hydrogens is 342 g/mol. The van der Waals surface area contributed by atoms with Crippen molar-refractivity contribution >= 4 is 17.8 Å². The third-order valence-corrected chi connectivity index (χ3v) is 5.15. The molecule has 3 heterocycles. The summed E-state index contributed by atoms with van der Waals surface area (Å²) in [5.41, 5.74) is 1.00. The molecular formula is C21H25N3O3. The zero-order chi connectivity index (χ0) is 18.6. The van der Waals surface area contributed by atoms with E-state index in [0.717, 1.165) is 36.0 Å². The van der Waals surface area contributed by atoms with E-state index in [2.05, 4.69) is 22.1 Å². The highest BCUT2D eigenvalue weighted by atomic mass is 16.5. The molecule has 0 bridgehead atoms. The number of hydrogen-bond acceptors (Lipinski definition) is 5. The Kier molecular flexibility index (Phi) is 5.25. The standard InChI is InChI=1S/C21H25N3O3/c1-15-13-18(15)19-6-4-17(27-19)5-7-20(25)23-14-16-3-2-8-22-21(16)24-9-11-26-12-10-24/h2-8,15,18H,9-14H2,1H3,(H,23,25)/b7-5+. The lowest BCUT2D eigenvalue weighted by atomic mass is 10.2. The highest BCUT2D eigenvalue weighted by molar-refractivity contribution is 5.91. The minimum absolute atomic E-state index is 0.149. The molecule has 0 spiro atoms. The van der Waals surface area contributed by atoms with Gasteiger partial charge < -0.3 is 19.4 Å². The van der Waals surface area contributed by atoms with Crippen molar-refractivity contribution in [3.8, 4) is 0 Å². The second kappa shape index (κ2) is 7.96. The third-order valence-electron chi connectivity index (χ3n) is 5.15. The maximum absolute atomic E-state index is 12.2. The van der Waals surface area contributed by atoms with Gasteiger partial charge in [0.15, 0.2) is 0 Å². The number of pyridine rings is 1. The van der Waals surface area contributed by atoms with Gasteiger partial charge in [-0.15, -0.1) is 0 Å². The van der Waals surface area contributed by atoms with Gasteiger partial charge in [-0.25, -0.2) is 4.98 Å². The molecule has 0 radical (unpaired) electrons.